The third-order valence-electron chi connectivity index (χ3n) is 6.02. The van der Waals surface area contributed by atoms with E-state index in [-0.39, 0.29) is 35.0 Å². The van der Waals surface area contributed by atoms with Crippen molar-refractivity contribution in [2.45, 2.75) is 32.5 Å². The summed E-state index contributed by atoms with van der Waals surface area (Å²) in [7, 11) is 3.96. The Morgan fingerprint density at radius 3 is 2.67 bits per heavy atom. The maximum atomic E-state index is 13.3. The third-order valence-corrected chi connectivity index (χ3v) is 6.38. The minimum Gasteiger partial charge on any atom is -0.361 e. The van der Waals surface area contributed by atoms with E-state index in [1.165, 1.54) is 4.57 Å². The smallest absolute Gasteiger partial charge is 0.294 e. The molecule has 0 spiro atoms. The lowest BCUT2D eigenvalue weighted by molar-refractivity contribution is -0.121. The van der Waals surface area contributed by atoms with E-state index in [1.54, 1.807) is 6.92 Å². The molecule has 2 aromatic carbocycles. The lowest BCUT2D eigenvalue weighted by atomic mass is 10.1. The Bertz CT molecular complexity index is 1400. The first-order valence-electron chi connectivity index (χ1n) is 11.8. The molecule has 4 rings (SSSR count). The summed E-state index contributed by atoms with van der Waals surface area (Å²) in [6.07, 6.45) is 2.58. The second kappa shape index (κ2) is 11.4. The van der Waals surface area contributed by atoms with E-state index in [0.29, 0.717) is 25.2 Å². The van der Waals surface area contributed by atoms with Gasteiger partial charge in [-0.15, -0.1) is 0 Å². The number of halogens is 1. The van der Waals surface area contributed by atoms with Crippen molar-refractivity contribution in [1.82, 2.24) is 24.8 Å². The maximum Gasteiger partial charge on any atom is 0.294 e. The van der Waals surface area contributed by atoms with Crippen LogP contribution in [-0.2, 0) is 24.3 Å². The van der Waals surface area contributed by atoms with Gasteiger partial charge in [0.2, 0.25) is 5.91 Å². The zero-order chi connectivity index (χ0) is 25.7. The summed E-state index contributed by atoms with van der Waals surface area (Å²) in [6, 6.07) is 17.9. The van der Waals surface area contributed by atoms with Crippen molar-refractivity contribution in [2.24, 2.45) is 0 Å². The minimum absolute atomic E-state index is 0.0769. The van der Waals surface area contributed by atoms with Gasteiger partial charge in [0.25, 0.3) is 5.56 Å². The fourth-order valence-electron chi connectivity index (χ4n) is 4.21. The van der Waals surface area contributed by atoms with Gasteiger partial charge in [0.1, 0.15) is 6.54 Å². The molecule has 0 aliphatic rings. The fraction of sp³-hybridized carbons (Fsp3) is 0.296. The predicted octanol–water partition coefficient (Wildman–Crippen LogP) is 3.59. The average molecular weight is 507 g/mol. The summed E-state index contributed by atoms with van der Waals surface area (Å²) in [6.45, 7) is 2.59. The second-order valence-electron chi connectivity index (χ2n) is 9.20. The molecule has 1 amide bonds. The van der Waals surface area contributed by atoms with Crippen LogP contribution in [0.5, 0.6) is 0 Å². The Hall–Kier alpha value is -3.62. The van der Waals surface area contributed by atoms with Crippen LogP contribution in [-0.4, -0.2) is 52.0 Å². The van der Waals surface area contributed by atoms with E-state index in [2.05, 4.69) is 32.7 Å². The maximum absolute atomic E-state index is 13.3. The molecule has 0 saturated carbocycles. The molecule has 0 aliphatic carbocycles. The van der Waals surface area contributed by atoms with Gasteiger partial charge in [-0.1, -0.05) is 48.0 Å². The van der Waals surface area contributed by atoms with E-state index in [0.717, 1.165) is 22.0 Å². The quantitative estimate of drug-likeness (QED) is 0.305. The molecule has 2 aromatic heterocycles. The van der Waals surface area contributed by atoms with Crippen LogP contribution < -0.4 is 16.2 Å². The summed E-state index contributed by atoms with van der Waals surface area (Å²) in [5.41, 5.74) is 3.23. The Balaban J connectivity index is 1.49. The molecule has 0 aliphatic heterocycles. The van der Waals surface area contributed by atoms with Crippen molar-refractivity contribution in [2.75, 3.05) is 26.0 Å². The number of aromatic amines is 1. The molecule has 1 unspecified atom stereocenters. The van der Waals surface area contributed by atoms with Gasteiger partial charge in [-0.3, -0.25) is 14.2 Å². The molecular weight excluding hydrogens is 476 g/mol. The SMILES string of the molecule is Cc1c(Cl)nc(NC(Cc2ccccc2)CN(C)C)c(=O)n1CC(=O)NCc1ccc2[nH]ccc2c1. The van der Waals surface area contributed by atoms with Gasteiger partial charge in [-0.2, -0.15) is 0 Å². The van der Waals surface area contributed by atoms with Gasteiger partial charge in [-0.05, 0) is 62.2 Å². The highest BCUT2D eigenvalue weighted by molar-refractivity contribution is 6.30. The molecule has 0 saturated heterocycles. The zero-order valence-corrected chi connectivity index (χ0v) is 21.5. The van der Waals surface area contributed by atoms with Crippen molar-refractivity contribution >= 4 is 34.2 Å². The first-order valence-corrected chi connectivity index (χ1v) is 12.2. The third kappa shape index (κ3) is 6.33. The first kappa shape index (κ1) is 25.5. The van der Waals surface area contributed by atoms with Crippen molar-refractivity contribution in [3.05, 3.63) is 93.1 Å². The highest BCUT2D eigenvalue weighted by Crippen LogP contribution is 2.16. The summed E-state index contributed by atoms with van der Waals surface area (Å²) in [5, 5.41) is 7.44. The molecule has 0 bridgehead atoms. The molecular formula is C27H31ClN6O2. The first-order chi connectivity index (χ1) is 17.3. The second-order valence-corrected chi connectivity index (χ2v) is 9.56. The normalized spacial score (nSPS) is 12.1. The van der Waals surface area contributed by atoms with Gasteiger partial charge in [-0.25, -0.2) is 4.98 Å². The fourth-order valence-corrected chi connectivity index (χ4v) is 4.40. The summed E-state index contributed by atoms with van der Waals surface area (Å²) < 4.78 is 1.37. The van der Waals surface area contributed by atoms with Crippen molar-refractivity contribution in [1.29, 1.82) is 0 Å². The largest absolute Gasteiger partial charge is 0.361 e. The van der Waals surface area contributed by atoms with Crippen molar-refractivity contribution < 1.29 is 4.79 Å². The van der Waals surface area contributed by atoms with Crippen LogP contribution in [0.25, 0.3) is 10.9 Å². The van der Waals surface area contributed by atoms with Gasteiger partial charge >= 0.3 is 0 Å². The molecule has 0 fully saturated rings. The molecule has 0 radical (unpaired) electrons. The number of aromatic nitrogens is 3. The van der Waals surface area contributed by atoms with Crippen molar-refractivity contribution in [3.8, 4) is 0 Å². The molecule has 3 N–H and O–H groups in total. The Morgan fingerprint density at radius 1 is 1.14 bits per heavy atom. The molecule has 4 aromatic rings. The molecule has 2 heterocycles. The van der Waals surface area contributed by atoms with Crippen molar-refractivity contribution in [3.63, 3.8) is 0 Å². The van der Waals surface area contributed by atoms with E-state index in [9.17, 15) is 9.59 Å². The molecule has 188 valence electrons. The predicted molar refractivity (Wildman–Crippen MR) is 145 cm³/mol. The number of hydrogen-bond donors (Lipinski definition) is 3. The van der Waals surface area contributed by atoms with E-state index in [4.69, 9.17) is 11.6 Å². The monoisotopic (exact) mass is 506 g/mol. The number of benzene rings is 2. The minimum atomic E-state index is -0.377. The number of nitrogens with zero attached hydrogens (tertiary/aromatic N) is 3. The van der Waals surface area contributed by atoms with Crippen LogP contribution in [0.3, 0.4) is 0 Å². The van der Waals surface area contributed by atoms with Gasteiger partial charge in [0.05, 0.1) is 5.69 Å². The number of nitrogens with one attached hydrogen (secondary N) is 3. The van der Waals surface area contributed by atoms with Crippen LogP contribution in [0.2, 0.25) is 5.15 Å². The topological polar surface area (TPSA) is 95.1 Å². The Morgan fingerprint density at radius 2 is 1.92 bits per heavy atom. The summed E-state index contributed by atoms with van der Waals surface area (Å²) in [5.74, 6) is -0.143. The Kier molecular flexibility index (Phi) is 8.07. The lowest BCUT2D eigenvalue weighted by Crippen LogP contribution is -2.39. The van der Waals surface area contributed by atoms with Crippen LogP contribution in [0, 0.1) is 6.92 Å². The molecule has 1 atom stereocenters. The highest BCUT2D eigenvalue weighted by atomic mass is 35.5. The Labute approximate surface area is 215 Å². The van der Waals surface area contributed by atoms with E-state index < -0.39 is 0 Å². The molecule has 9 heteroatoms. The number of H-pyrrole nitrogens is 1. The number of amides is 1. The summed E-state index contributed by atoms with van der Waals surface area (Å²) >= 11 is 6.39. The van der Waals surface area contributed by atoms with E-state index in [1.807, 2.05) is 67.7 Å². The number of carbonyl (C=O) groups excluding carboxylic acids is 1. The highest BCUT2D eigenvalue weighted by Gasteiger charge is 2.19. The molecule has 8 nitrogen and oxygen atoms in total. The van der Waals surface area contributed by atoms with Gasteiger partial charge in [0.15, 0.2) is 11.0 Å². The lowest BCUT2D eigenvalue weighted by Gasteiger charge is -2.23. The van der Waals surface area contributed by atoms with Crippen LogP contribution in [0.4, 0.5) is 5.82 Å². The number of anilines is 1. The summed E-state index contributed by atoms with van der Waals surface area (Å²) in [4.78, 5) is 35.6. The molecule has 36 heavy (non-hydrogen) atoms. The van der Waals surface area contributed by atoms with Crippen LogP contribution in [0.15, 0.2) is 65.6 Å². The number of hydrogen-bond acceptors (Lipinski definition) is 5. The number of carbonyl (C=O) groups is 1. The van der Waals surface area contributed by atoms with E-state index >= 15 is 0 Å². The average Bonchev–Trinajstić information content (AvgIpc) is 3.32. The van der Waals surface area contributed by atoms with Crippen LogP contribution in [0.1, 0.15) is 16.8 Å². The number of likely N-dealkylation sites (N-methyl/N-ethyl adjacent to an activating group) is 1. The standard InChI is InChI=1S/C27H31ClN6O2/c1-18-25(28)32-26(31-22(16-33(2)3)14-19-7-5-4-6-8-19)27(36)34(18)17-24(35)30-15-20-9-10-23-21(13-20)11-12-29-23/h4-13,22,29H,14-17H2,1-3H3,(H,30,35)(H,31,32). The van der Waals surface area contributed by atoms with Gasteiger partial charge in [0, 0.05) is 30.8 Å². The van der Waals surface area contributed by atoms with Crippen LogP contribution >= 0.6 is 11.6 Å². The number of fused-ring (bicyclic) bond motifs is 1. The number of rotatable bonds is 10. The zero-order valence-electron chi connectivity index (χ0n) is 20.7. The van der Waals surface area contributed by atoms with Gasteiger partial charge < -0.3 is 20.5 Å².